The Hall–Kier alpha value is -1.62. The summed E-state index contributed by atoms with van der Waals surface area (Å²) in [6.45, 7) is 4.68. The zero-order valence-electron chi connectivity index (χ0n) is 13.3. The molecule has 0 radical (unpaired) electrons. The van der Waals surface area contributed by atoms with E-state index < -0.39 is 6.10 Å². The average Bonchev–Trinajstić information content (AvgIpc) is 3.38. The van der Waals surface area contributed by atoms with Crippen molar-refractivity contribution in [2.24, 2.45) is 5.92 Å². The van der Waals surface area contributed by atoms with Gasteiger partial charge in [-0.3, -0.25) is 4.79 Å². The normalized spacial score (nSPS) is 19.8. The van der Waals surface area contributed by atoms with E-state index in [9.17, 15) is 4.79 Å². The summed E-state index contributed by atoms with van der Waals surface area (Å²) < 4.78 is 5.57. The second-order valence-corrected chi connectivity index (χ2v) is 6.36. The van der Waals surface area contributed by atoms with Crippen LogP contribution in [0.2, 0.25) is 0 Å². The summed E-state index contributed by atoms with van der Waals surface area (Å²) in [7, 11) is 0. The third-order valence-electron chi connectivity index (χ3n) is 4.37. The maximum atomic E-state index is 12.0. The lowest BCUT2D eigenvalue weighted by Gasteiger charge is -2.28. The Kier molecular flexibility index (Phi) is 4.93. The van der Waals surface area contributed by atoms with Crippen LogP contribution in [0.1, 0.15) is 39.0 Å². The first-order valence-electron chi connectivity index (χ1n) is 8.36. The van der Waals surface area contributed by atoms with Crippen LogP contribution in [-0.2, 0) is 9.53 Å². The number of rotatable bonds is 6. The molecule has 2 fully saturated rings. The van der Waals surface area contributed by atoms with Gasteiger partial charge in [0.25, 0.3) is 5.91 Å². The molecule has 2 heterocycles. The van der Waals surface area contributed by atoms with Gasteiger partial charge in [0.15, 0.2) is 0 Å². The van der Waals surface area contributed by atoms with Crippen molar-refractivity contribution in [2.45, 2.75) is 45.1 Å². The molecule has 3 rings (SSSR count). The van der Waals surface area contributed by atoms with Crippen LogP contribution in [0.5, 0.6) is 0 Å². The van der Waals surface area contributed by atoms with Gasteiger partial charge in [0, 0.05) is 13.1 Å². The van der Waals surface area contributed by atoms with E-state index in [1.807, 2.05) is 18.3 Å². The van der Waals surface area contributed by atoms with E-state index in [1.165, 1.54) is 32.1 Å². The summed E-state index contributed by atoms with van der Waals surface area (Å²) >= 11 is 0. The van der Waals surface area contributed by atoms with Crippen molar-refractivity contribution in [1.29, 1.82) is 0 Å². The highest BCUT2D eigenvalue weighted by atomic mass is 16.5. The first-order valence-corrected chi connectivity index (χ1v) is 8.36. The molecule has 1 amide bonds. The molecule has 120 valence electrons. The fraction of sp³-hybridized carbons (Fsp3) is 0.647. The maximum absolute atomic E-state index is 12.0. The summed E-state index contributed by atoms with van der Waals surface area (Å²) in [6.07, 6.45) is 7.68. The SMILES string of the molecule is C[C@@H](OCC1CC1)C(=O)Nc1ccc(N2CCCCC2)cn1. The Labute approximate surface area is 132 Å². The standard InChI is InChI=1S/C17H25N3O2/c1-13(22-12-14-5-6-14)17(21)19-16-8-7-15(11-18-16)20-9-3-2-4-10-20/h7-8,11,13-14H,2-6,9-10,12H2,1H3,(H,18,19,21)/t13-/m1/s1. The zero-order valence-corrected chi connectivity index (χ0v) is 13.3. The van der Waals surface area contributed by atoms with Gasteiger partial charge in [0.2, 0.25) is 0 Å². The van der Waals surface area contributed by atoms with Crippen molar-refractivity contribution in [3.8, 4) is 0 Å². The van der Waals surface area contributed by atoms with Crippen LogP contribution in [0.3, 0.4) is 0 Å². The molecular formula is C17H25N3O2. The van der Waals surface area contributed by atoms with E-state index in [2.05, 4.69) is 15.2 Å². The molecule has 2 aliphatic rings. The summed E-state index contributed by atoms with van der Waals surface area (Å²) in [5.41, 5.74) is 1.13. The predicted molar refractivity (Wildman–Crippen MR) is 87.1 cm³/mol. The number of nitrogens with one attached hydrogen (secondary N) is 1. The number of piperidine rings is 1. The highest BCUT2D eigenvalue weighted by Gasteiger charge is 2.24. The summed E-state index contributed by atoms with van der Waals surface area (Å²) in [5, 5.41) is 2.82. The Bertz CT molecular complexity index is 493. The fourth-order valence-electron chi connectivity index (χ4n) is 2.67. The summed E-state index contributed by atoms with van der Waals surface area (Å²) in [6, 6.07) is 3.90. The van der Waals surface area contributed by atoms with Crippen LogP contribution < -0.4 is 10.2 Å². The number of hydrogen-bond acceptors (Lipinski definition) is 4. The van der Waals surface area contributed by atoms with E-state index in [4.69, 9.17) is 4.74 Å². The Morgan fingerprint density at radius 1 is 1.36 bits per heavy atom. The molecule has 1 aromatic heterocycles. The van der Waals surface area contributed by atoms with Gasteiger partial charge in [-0.25, -0.2) is 4.98 Å². The van der Waals surface area contributed by atoms with Crippen LogP contribution in [0.25, 0.3) is 0 Å². The minimum atomic E-state index is -0.427. The van der Waals surface area contributed by atoms with E-state index >= 15 is 0 Å². The molecule has 0 spiro atoms. The third kappa shape index (κ3) is 4.19. The van der Waals surface area contributed by atoms with E-state index in [-0.39, 0.29) is 5.91 Å². The van der Waals surface area contributed by atoms with Crippen molar-refractivity contribution in [3.63, 3.8) is 0 Å². The van der Waals surface area contributed by atoms with Crippen molar-refractivity contribution < 1.29 is 9.53 Å². The van der Waals surface area contributed by atoms with Crippen molar-refractivity contribution in [3.05, 3.63) is 18.3 Å². The third-order valence-corrected chi connectivity index (χ3v) is 4.37. The Balaban J connectivity index is 1.49. The number of hydrogen-bond donors (Lipinski definition) is 1. The highest BCUT2D eigenvalue weighted by molar-refractivity contribution is 5.93. The Morgan fingerprint density at radius 3 is 2.77 bits per heavy atom. The molecule has 1 atom stereocenters. The van der Waals surface area contributed by atoms with Crippen LogP contribution in [0.4, 0.5) is 11.5 Å². The molecule has 0 unspecified atom stereocenters. The molecule has 1 saturated carbocycles. The molecule has 1 aliphatic carbocycles. The quantitative estimate of drug-likeness (QED) is 0.878. The predicted octanol–water partition coefficient (Wildman–Crippen LogP) is 2.83. The summed E-state index contributed by atoms with van der Waals surface area (Å²) in [5.74, 6) is 1.13. The number of ether oxygens (including phenoxy) is 1. The lowest BCUT2D eigenvalue weighted by atomic mass is 10.1. The first kappa shape index (κ1) is 15.3. The van der Waals surface area contributed by atoms with E-state index in [1.54, 1.807) is 6.92 Å². The first-order chi connectivity index (χ1) is 10.7. The number of anilines is 2. The van der Waals surface area contributed by atoms with Crippen molar-refractivity contribution >= 4 is 17.4 Å². The molecule has 1 aliphatic heterocycles. The van der Waals surface area contributed by atoms with Gasteiger partial charge in [-0.1, -0.05) is 0 Å². The minimum absolute atomic E-state index is 0.126. The second-order valence-electron chi connectivity index (χ2n) is 6.36. The molecule has 5 heteroatoms. The number of pyridine rings is 1. The average molecular weight is 303 g/mol. The van der Waals surface area contributed by atoms with Gasteiger partial charge in [-0.2, -0.15) is 0 Å². The molecule has 1 saturated heterocycles. The monoisotopic (exact) mass is 303 g/mol. The molecule has 1 aromatic rings. The highest BCUT2D eigenvalue weighted by Crippen LogP contribution is 2.29. The maximum Gasteiger partial charge on any atom is 0.254 e. The van der Waals surface area contributed by atoms with Gasteiger partial charge in [0.05, 0.1) is 18.5 Å². The number of carbonyl (C=O) groups is 1. The lowest BCUT2D eigenvalue weighted by molar-refractivity contribution is -0.126. The van der Waals surface area contributed by atoms with E-state index in [0.717, 1.165) is 18.8 Å². The zero-order chi connectivity index (χ0) is 15.4. The van der Waals surface area contributed by atoms with Crippen LogP contribution in [-0.4, -0.2) is 36.7 Å². The minimum Gasteiger partial charge on any atom is -0.370 e. The van der Waals surface area contributed by atoms with Gasteiger partial charge in [0.1, 0.15) is 11.9 Å². The lowest BCUT2D eigenvalue weighted by Crippen LogP contribution is -2.30. The van der Waals surface area contributed by atoms with Crippen molar-refractivity contribution in [1.82, 2.24) is 4.98 Å². The topological polar surface area (TPSA) is 54.5 Å². The molecule has 0 bridgehead atoms. The molecule has 22 heavy (non-hydrogen) atoms. The smallest absolute Gasteiger partial charge is 0.254 e. The number of nitrogens with zero attached hydrogens (tertiary/aromatic N) is 2. The number of amides is 1. The molecule has 1 N–H and O–H groups in total. The fourth-order valence-corrected chi connectivity index (χ4v) is 2.67. The molecule has 5 nitrogen and oxygen atoms in total. The van der Waals surface area contributed by atoms with Gasteiger partial charge < -0.3 is 15.0 Å². The molecular weight excluding hydrogens is 278 g/mol. The van der Waals surface area contributed by atoms with Crippen LogP contribution >= 0.6 is 0 Å². The van der Waals surface area contributed by atoms with Gasteiger partial charge >= 0.3 is 0 Å². The van der Waals surface area contributed by atoms with Crippen LogP contribution in [0.15, 0.2) is 18.3 Å². The number of carbonyl (C=O) groups excluding carboxylic acids is 1. The Morgan fingerprint density at radius 2 is 2.14 bits per heavy atom. The molecule has 0 aromatic carbocycles. The van der Waals surface area contributed by atoms with Crippen LogP contribution in [0, 0.1) is 5.92 Å². The number of aromatic nitrogens is 1. The van der Waals surface area contributed by atoms with E-state index in [0.29, 0.717) is 18.3 Å². The summed E-state index contributed by atoms with van der Waals surface area (Å²) in [4.78, 5) is 18.8. The largest absolute Gasteiger partial charge is 0.370 e. The van der Waals surface area contributed by atoms with Crippen molar-refractivity contribution in [2.75, 3.05) is 29.9 Å². The van der Waals surface area contributed by atoms with Gasteiger partial charge in [-0.05, 0) is 57.1 Å². The van der Waals surface area contributed by atoms with Gasteiger partial charge in [-0.15, -0.1) is 0 Å². The second kappa shape index (κ2) is 7.09.